The van der Waals surface area contributed by atoms with Gasteiger partial charge in [-0.05, 0) is 79.0 Å². The lowest BCUT2D eigenvalue weighted by molar-refractivity contribution is -0.112. The predicted molar refractivity (Wildman–Crippen MR) is 162 cm³/mol. The van der Waals surface area contributed by atoms with E-state index in [4.69, 9.17) is 0 Å². The number of aliphatic hydroxyl groups is 1. The number of allylic oxidation sites excluding steroid dienone is 2. The highest BCUT2D eigenvalue weighted by molar-refractivity contribution is 5.93. The van der Waals surface area contributed by atoms with Crippen LogP contribution in [-0.2, 0) is 4.79 Å². The third-order valence-corrected chi connectivity index (χ3v) is 7.70. The molecule has 0 aromatic heterocycles. The average Bonchev–Trinajstić information content (AvgIpc) is 2.94. The van der Waals surface area contributed by atoms with Gasteiger partial charge in [0.1, 0.15) is 5.76 Å². The molecule has 0 fully saturated rings. The van der Waals surface area contributed by atoms with Crippen molar-refractivity contribution in [2.24, 2.45) is 5.92 Å². The Bertz CT molecular complexity index is 1160. The van der Waals surface area contributed by atoms with E-state index < -0.39 is 0 Å². The fourth-order valence-electron chi connectivity index (χ4n) is 5.20. The van der Waals surface area contributed by atoms with Gasteiger partial charge in [0.15, 0.2) is 5.78 Å². The molecular weight excluding hydrogens is 464 g/mol. The van der Waals surface area contributed by atoms with E-state index in [1.807, 2.05) is 24.3 Å². The molecule has 0 heterocycles. The molecule has 0 bridgehead atoms. The first kappa shape index (κ1) is 29.2. The summed E-state index contributed by atoms with van der Waals surface area (Å²) in [6.07, 6.45) is 12.0. The van der Waals surface area contributed by atoms with Crippen LogP contribution in [0.1, 0.15) is 94.2 Å². The average molecular weight is 509 g/mol. The maximum atomic E-state index is 11.2. The van der Waals surface area contributed by atoms with Gasteiger partial charge in [-0.1, -0.05) is 112 Å². The minimum absolute atomic E-state index is 0.00278. The van der Waals surface area contributed by atoms with Crippen LogP contribution in [0.15, 0.2) is 97.6 Å². The number of hydrogen-bond donors (Lipinski definition) is 1. The van der Waals surface area contributed by atoms with Gasteiger partial charge in [0.25, 0.3) is 0 Å². The number of ketones is 1. The van der Waals surface area contributed by atoms with E-state index in [0.29, 0.717) is 23.3 Å². The quantitative estimate of drug-likeness (QED) is 0.126. The fraction of sp³-hybridized carbons (Fsp3) is 0.361. The monoisotopic (exact) mass is 508 g/mol. The molecule has 3 atom stereocenters. The summed E-state index contributed by atoms with van der Waals surface area (Å²) in [5.41, 5.74) is 5.71. The Hall–Kier alpha value is -3.39. The second-order valence-corrected chi connectivity index (χ2v) is 10.6. The maximum Gasteiger partial charge on any atom is 0.156 e. The molecule has 3 unspecified atom stereocenters. The fourth-order valence-corrected chi connectivity index (χ4v) is 5.20. The number of rotatable bonds is 15. The summed E-state index contributed by atoms with van der Waals surface area (Å²) in [7, 11) is 0. The number of unbranched alkanes of at least 4 members (excludes halogenated alkanes) is 1. The Labute approximate surface area is 230 Å². The Kier molecular flexibility index (Phi) is 11.6. The lowest BCUT2D eigenvalue weighted by atomic mass is 9.83. The van der Waals surface area contributed by atoms with Gasteiger partial charge in [-0.3, -0.25) is 4.79 Å². The van der Waals surface area contributed by atoms with E-state index in [-0.39, 0.29) is 11.5 Å². The van der Waals surface area contributed by atoms with Gasteiger partial charge in [0.2, 0.25) is 0 Å². The largest absolute Gasteiger partial charge is 0.507 e. The van der Waals surface area contributed by atoms with Crippen LogP contribution < -0.4 is 0 Å². The van der Waals surface area contributed by atoms with Crippen molar-refractivity contribution >= 4 is 11.5 Å². The highest BCUT2D eigenvalue weighted by Gasteiger charge is 2.16. The van der Waals surface area contributed by atoms with Crippen molar-refractivity contribution in [1.29, 1.82) is 0 Å². The number of benzene rings is 3. The molecule has 0 saturated carbocycles. The first-order chi connectivity index (χ1) is 18.4. The zero-order valence-electron chi connectivity index (χ0n) is 23.4. The van der Waals surface area contributed by atoms with E-state index in [2.05, 4.69) is 81.1 Å². The van der Waals surface area contributed by atoms with Crippen molar-refractivity contribution < 1.29 is 9.90 Å². The molecule has 3 rings (SSSR count). The van der Waals surface area contributed by atoms with E-state index >= 15 is 0 Å². The molecule has 0 amide bonds. The van der Waals surface area contributed by atoms with Crippen LogP contribution in [0, 0.1) is 5.92 Å². The third kappa shape index (κ3) is 8.87. The minimum Gasteiger partial charge on any atom is -0.507 e. The zero-order valence-corrected chi connectivity index (χ0v) is 23.4. The van der Waals surface area contributed by atoms with E-state index in [0.717, 1.165) is 17.5 Å². The van der Waals surface area contributed by atoms with Gasteiger partial charge in [-0.15, -0.1) is 6.58 Å². The molecule has 38 heavy (non-hydrogen) atoms. The SMILES string of the molecule is C=CC(CCCC)CCC(CCC(C)c1ccc(-c2ccc(C(O)=CC(C)=O)cc2)cc1)c1ccccc1. The topological polar surface area (TPSA) is 37.3 Å². The number of hydrogen-bond acceptors (Lipinski definition) is 2. The van der Waals surface area contributed by atoms with Crippen LogP contribution in [0.3, 0.4) is 0 Å². The van der Waals surface area contributed by atoms with E-state index in [1.54, 1.807) is 0 Å². The third-order valence-electron chi connectivity index (χ3n) is 7.70. The molecule has 3 aromatic rings. The molecule has 0 saturated heterocycles. The van der Waals surface area contributed by atoms with Crippen LogP contribution in [-0.4, -0.2) is 10.9 Å². The molecule has 2 heteroatoms. The molecule has 3 aromatic carbocycles. The standard InChI is InChI=1S/C36H44O2/c1-5-7-11-29(6-2)15-17-32(31-12-9-8-10-13-31)16-14-27(3)30-18-20-33(21-19-30)34-22-24-35(25-23-34)36(38)26-28(4)37/h6,8-10,12-13,18-27,29,32,38H,2,5,7,11,14-17H2,1,3-4H3. The summed E-state index contributed by atoms with van der Waals surface area (Å²) in [6.45, 7) is 10.1. The van der Waals surface area contributed by atoms with Crippen LogP contribution in [0.4, 0.5) is 0 Å². The molecular formula is C36H44O2. The summed E-state index contributed by atoms with van der Waals surface area (Å²) in [4.78, 5) is 11.2. The Balaban J connectivity index is 1.63. The van der Waals surface area contributed by atoms with Crippen molar-refractivity contribution in [3.63, 3.8) is 0 Å². The highest BCUT2D eigenvalue weighted by atomic mass is 16.3. The number of aliphatic hydroxyl groups excluding tert-OH is 1. The molecule has 0 radical (unpaired) electrons. The molecule has 0 aliphatic carbocycles. The smallest absolute Gasteiger partial charge is 0.156 e. The number of carbonyl (C=O) groups is 1. The lowest BCUT2D eigenvalue weighted by Crippen LogP contribution is -2.06. The summed E-state index contributed by atoms with van der Waals surface area (Å²) in [6, 6.07) is 27.6. The Morgan fingerprint density at radius 1 is 0.816 bits per heavy atom. The minimum atomic E-state index is -0.167. The molecule has 0 aliphatic rings. The Morgan fingerprint density at radius 2 is 1.42 bits per heavy atom. The van der Waals surface area contributed by atoms with Crippen molar-refractivity contribution in [1.82, 2.24) is 0 Å². The Morgan fingerprint density at radius 3 is 2.00 bits per heavy atom. The maximum absolute atomic E-state index is 11.2. The normalized spacial score (nSPS) is 14.0. The zero-order chi connectivity index (χ0) is 27.3. The summed E-state index contributed by atoms with van der Waals surface area (Å²) in [5, 5.41) is 10.1. The van der Waals surface area contributed by atoms with E-state index in [9.17, 15) is 9.90 Å². The molecule has 200 valence electrons. The molecule has 0 spiro atoms. The van der Waals surface area contributed by atoms with Gasteiger partial charge in [0.05, 0.1) is 0 Å². The lowest BCUT2D eigenvalue weighted by Gasteiger charge is -2.22. The molecule has 1 N–H and O–H groups in total. The van der Waals surface area contributed by atoms with Crippen molar-refractivity contribution in [3.05, 3.63) is 114 Å². The predicted octanol–water partition coefficient (Wildman–Crippen LogP) is 10.3. The second kappa shape index (κ2) is 15.1. The first-order valence-corrected chi connectivity index (χ1v) is 14.2. The summed E-state index contributed by atoms with van der Waals surface area (Å²) < 4.78 is 0. The highest BCUT2D eigenvalue weighted by Crippen LogP contribution is 2.33. The van der Waals surface area contributed by atoms with Crippen LogP contribution >= 0.6 is 0 Å². The first-order valence-electron chi connectivity index (χ1n) is 14.2. The van der Waals surface area contributed by atoms with Crippen LogP contribution in [0.2, 0.25) is 0 Å². The van der Waals surface area contributed by atoms with Gasteiger partial charge in [-0.25, -0.2) is 0 Å². The molecule has 0 aliphatic heterocycles. The van der Waals surface area contributed by atoms with Gasteiger partial charge in [-0.2, -0.15) is 0 Å². The van der Waals surface area contributed by atoms with Gasteiger partial charge < -0.3 is 5.11 Å². The van der Waals surface area contributed by atoms with Crippen LogP contribution in [0.5, 0.6) is 0 Å². The van der Waals surface area contributed by atoms with E-state index in [1.165, 1.54) is 62.7 Å². The summed E-state index contributed by atoms with van der Waals surface area (Å²) in [5.74, 6) is 1.52. The van der Waals surface area contributed by atoms with Crippen molar-refractivity contribution in [2.75, 3.05) is 0 Å². The van der Waals surface area contributed by atoms with Crippen molar-refractivity contribution in [3.8, 4) is 11.1 Å². The second-order valence-electron chi connectivity index (χ2n) is 10.6. The summed E-state index contributed by atoms with van der Waals surface area (Å²) >= 11 is 0. The van der Waals surface area contributed by atoms with Crippen LogP contribution in [0.25, 0.3) is 16.9 Å². The molecule has 2 nitrogen and oxygen atoms in total. The van der Waals surface area contributed by atoms with Gasteiger partial charge >= 0.3 is 0 Å². The van der Waals surface area contributed by atoms with Crippen molar-refractivity contribution in [2.45, 2.75) is 77.6 Å². The van der Waals surface area contributed by atoms with Gasteiger partial charge in [0, 0.05) is 11.6 Å². The number of carbonyl (C=O) groups excluding carboxylic acids is 1.